The van der Waals surface area contributed by atoms with Crippen LogP contribution in [0.2, 0.25) is 0 Å². The lowest BCUT2D eigenvalue weighted by Gasteiger charge is -2.19. The van der Waals surface area contributed by atoms with E-state index in [4.69, 9.17) is 5.73 Å². The average Bonchev–Trinajstić information content (AvgIpc) is 2.45. The molecular weight excluding hydrogens is 273 g/mol. The third kappa shape index (κ3) is 4.01. The predicted octanol–water partition coefficient (Wildman–Crippen LogP) is 1.53. The Hall–Kier alpha value is -1.95. The van der Waals surface area contributed by atoms with Gasteiger partial charge in [-0.3, -0.25) is 9.59 Å². The zero-order valence-corrected chi connectivity index (χ0v) is 12.0. The van der Waals surface area contributed by atoms with Crippen molar-refractivity contribution in [3.05, 3.63) is 29.6 Å². The first kappa shape index (κ1) is 15.4. The maximum Gasteiger partial charge on any atom is 0.237 e. The fourth-order valence-corrected chi connectivity index (χ4v) is 2.31. The fraction of sp³-hybridized carbons (Fsp3) is 0.467. The minimum Gasteiger partial charge on any atom is -0.351 e. The first-order valence-electron chi connectivity index (χ1n) is 7.10. The molecule has 0 aliphatic carbocycles. The number of nitrogens with two attached hydrogens (primary N) is 1. The summed E-state index contributed by atoms with van der Waals surface area (Å²) in [5.74, 6) is -0.965. The molecule has 1 aromatic carbocycles. The van der Waals surface area contributed by atoms with E-state index in [1.165, 1.54) is 18.2 Å². The van der Waals surface area contributed by atoms with E-state index in [1.54, 1.807) is 0 Å². The molecule has 0 bridgehead atoms. The van der Waals surface area contributed by atoms with Crippen LogP contribution in [0.1, 0.15) is 31.7 Å². The second kappa shape index (κ2) is 6.67. The fourth-order valence-electron chi connectivity index (χ4n) is 2.31. The summed E-state index contributed by atoms with van der Waals surface area (Å²) >= 11 is 0. The zero-order chi connectivity index (χ0) is 15.4. The maximum absolute atomic E-state index is 13.4. The molecule has 0 saturated carbocycles. The standard InChI is InChI=1S/C15H20FN3O2/c1-9-3-2-4-12(17)15(21)18-8-10-7-11(16)5-6-13(10)19-14(9)20/h5-7,9,12H,2-4,8,17H2,1H3,(H,18,21)(H,19,20)/t9-,12+/m1/s1. The summed E-state index contributed by atoms with van der Waals surface area (Å²) in [5, 5.41) is 5.47. The SMILES string of the molecule is C[C@@H]1CCC[C@H](N)C(=O)NCc2cc(F)ccc2NC1=O. The van der Waals surface area contributed by atoms with Gasteiger partial charge >= 0.3 is 0 Å². The molecule has 0 unspecified atom stereocenters. The van der Waals surface area contributed by atoms with E-state index >= 15 is 0 Å². The molecule has 4 N–H and O–H groups in total. The first-order valence-corrected chi connectivity index (χ1v) is 7.10. The van der Waals surface area contributed by atoms with Crippen LogP contribution < -0.4 is 16.4 Å². The second-order valence-corrected chi connectivity index (χ2v) is 5.45. The molecule has 1 aromatic rings. The molecule has 1 aliphatic rings. The highest BCUT2D eigenvalue weighted by molar-refractivity contribution is 5.93. The van der Waals surface area contributed by atoms with Crippen LogP contribution in [0.25, 0.3) is 0 Å². The van der Waals surface area contributed by atoms with Crippen LogP contribution >= 0.6 is 0 Å². The van der Waals surface area contributed by atoms with Crippen molar-refractivity contribution < 1.29 is 14.0 Å². The number of hydrogen-bond donors (Lipinski definition) is 3. The van der Waals surface area contributed by atoms with Crippen molar-refractivity contribution in [1.82, 2.24) is 5.32 Å². The van der Waals surface area contributed by atoms with Gasteiger partial charge in [-0.05, 0) is 36.6 Å². The van der Waals surface area contributed by atoms with Crippen molar-refractivity contribution in [2.75, 3.05) is 5.32 Å². The summed E-state index contributed by atoms with van der Waals surface area (Å²) < 4.78 is 13.4. The maximum atomic E-state index is 13.4. The highest BCUT2D eigenvalue weighted by Gasteiger charge is 2.19. The van der Waals surface area contributed by atoms with Gasteiger partial charge in [0.25, 0.3) is 0 Å². The molecule has 6 heteroatoms. The molecule has 0 spiro atoms. The summed E-state index contributed by atoms with van der Waals surface area (Å²) in [7, 11) is 0. The third-order valence-electron chi connectivity index (χ3n) is 3.71. The highest BCUT2D eigenvalue weighted by Crippen LogP contribution is 2.20. The molecule has 1 aliphatic heterocycles. The van der Waals surface area contributed by atoms with Gasteiger partial charge in [-0.15, -0.1) is 0 Å². The Bertz CT molecular complexity index is 548. The summed E-state index contributed by atoms with van der Waals surface area (Å²) in [5.41, 5.74) is 6.84. The van der Waals surface area contributed by atoms with E-state index in [1.807, 2.05) is 6.92 Å². The van der Waals surface area contributed by atoms with Gasteiger partial charge in [0.1, 0.15) is 5.82 Å². The Morgan fingerprint density at radius 2 is 2.00 bits per heavy atom. The number of hydrogen-bond acceptors (Lipinski definition) is 3. The van der Waals surface area contributed by atoms with Gasteiger partial charge in [-0.1, -0.05) is 13.3 Å². The minimum atomic E-state index is -0.600. The quantitative estimate of drug-likeness (QED) is 0.678. The monoisotopic (exact) mass is 293 g/mol. The van der Waals surface area contributed by atoms with Crippen molar-refractivity contribution in [3.63, 3.8) is 0 Å². The summed E-state index contributed by atoms with van der Waals surface area (Å²) in [6, 6.07) is 3.49. The predicted molar refractivity (Wildman–Crippen MR) is 77.9 cm³/mol. The second-order valence-electron chi connectivity index (χ2n) is 5.45. The van der Waals surface area contributed by atoms with Crippen LogP contribution in [0.4, 0.5) is 10.1 Å². The van der Waals surface area contributed by atoms with Crippen LogP contribution in [0.5, 0.6) is 0 Å². The van der Waals surface area contributed by atoms with E-state index in [-0.39, 0.29) is 24.3 Å². The normalized spacial score (nSPS) is 24.1. The lowest BCUT2D eigenvalue weighted by Crippen LogP contribution is -2.40. The van der Waals surface area contributed by atoms with E-state index in [9.17, 15) is 14.0 Å². The Morgan fingerprint density at radius 3 is 2.76 bits per heavy atom. The van der Waals surface area contributed by atoms with Crippen molar-refractivity contribution in [1.29, 1.82) is 0 Å². The van der Waals surface area contributed by atoms with Gasteiger partial charge < -0.3 is 16.4 Å². The zero-order valence-electron chi connectivity index (χ0n) is 12.0. The molecule has 2 rings (SSSR count). The molecule has 5 nitrogen and oxygen atoms in total. The van der Waals surface area contributed by atoms with E-state index in [2.05, 4.69) is 10.6 Å². The van der Waals surface area contributed by atoms with Crippen molar-refractivity contribution >= 4 is 17.5 Å². The third-order valence-corrected chi connectivity index (χ3v) is 3.71. The Kier molecular flexibility index (Phi) is 4.90. The largest absolute Gasteiger partial charge is 0.351 e. The molecule has 1 heterocycles. The topological polar surface area (TPSA) is 84.2 Å². The highest BCUT2D eigenvalue weighted by atomic mass is 19.1. The van der Waals surface area contributed by atoms with E-state index in [0.717, 1.165) is 0 Å². The van der Waals surface area contributed by atoms with E-state index in [0.29, 0.717) is 30.5 Å². The van der Waals surface area contributed by atoms with Gasteiger partial charge in [0, 0.05) is 18.2 Å². The molecule has 0 aromatic heterocycles. The molecule has 0 saturated heterocycles. The summed E-state index contributed by atoms with van der Waals surface area (Å²) in [6.07, 6.45) is 1.89. The summed E-state index contributed by atoms with van der Waals surface area (Å²) in [6.45, 7) is 1.96. The van der Waals surface area contributed by atoms with Crippen LogP contribution in [-0.2, 0) is 16.1 Å². The van der Waals surface area contributed by atoms with Crippen LogP contribution in [0, 0.1) is 11.7 Å². The number of carbonyl (C=O) groups excluding carboxylic acids is 2. The van der Waals surface area contributed by atoms with E-state index < -0.39 is 11.9 Å². The number of amides is 2. The molecule has 114 valence electrons. The molecule has 21 heavy (non-hydrogen) atoms. The first-order chi connectivity index (χ1) is 9.97. The van der Waals surface area contributed by atoms with Gasteiger partial charge in [-0.25, -0.2) is 4.39 Å². The molecular formula is C15H20FN3O2. The number of carbonyl (C=O) groups is 2. The minimum absolute atomic E-state index is 0.108. The number of halogens is 1. The Balaban J connectivity index is 2.27. The molecule has 2 atom stereocenters. The lowest BCUT2D eigenvalue weighted by atomic mass is 9.99. The Morgan fingerprint density at radius 1 is 1.24 bits per heavy atom. The van der Waals surface area contributed by atoms with Crippen LogP contribution in [0.15, 0.2) is 18.2 Å². The van der Waals surface area contributed by atoms with Gasteiger partial charge in [0.2, 0.25) is 11.8 Å². The van der Waals surface area contributed by atoms with Crippen molar-refractivity contribution in [2.24, 2.45) is 11.7 Å². The van der Waals surface area contributed by atoms with Gasteiger partial charge in [0.05, 0.1) is 6.04 Å². The smallest absolute Gasteiger partial charge is 0.237 e. The van der Waals surface area contributed by atoms with Crippen molar-refractivity contribution in [2.45, 2.75) is 38.8 Å². The number of nitrogens with one attached hydrogen (secondary N) is 2. The number of benzene rings is 1. The molecule has 2 amide bonds. The van der Waals surface area contributed by atoms with Crippen LogP contribution in [-0.4, -0.2) is 17.9 Å². The number of fused-ring (bicyclic) bond motifs is 1. The number of anilines is 1. The molecule has 0 radical (unpaired) electrons. The van der Waals surface area contributed by atoms with Gasteiger partial charge in [-0.2, -0.15) is 0 Å². The Labute approximate surface area is 123 Å². The van der Waals surface area contributed by atoms with Crippen LogP contribution in [0.3, 0.4) is 0 Å². The lowest BCUT2D eigenvalue weighted by molar-refractivity contribution is -0.122. The average molecular weight is 293 g/mol. The van der Waals surface area contributed by atoms with Crippen molar-refractivity contribution in [3.8, 4) is 0 Å². The summed E-state index contributed by atoms with van der Waals surface area (Å²) in [4.78, 5) is 24.0. The number of rotatable bonds is 0. The van der Waals surface area contributed by atoms with Gasteiger partial charge in [0.15, 0.2) is 0 Å². The molecule has 0 fully saturated rings.